The van der Waals surface area contributed by atoms with Crippen LogP contribution >= 0.6 is 0 Å². The standard InChI is InChI=1S/C21H32N4O4/c1-14-4-5-19(28-7-6-22)18(8-14)21(27)23-15-9-16-13-29-17(12-25(16)11-15)10-20(26)24(2)3/h4-5,8,15-17H,6-7,9-13,22H2,1-3H3,(H,23,27)/t15-,16+,17+/m1/s1. The van der Waals surface area contributed by atoms with Crippen molar-refractivity contribution >= 4 is 11.8 Å². The Morgan fingerprint density at radius 1 is 1.34 bits per heavy atom. The number of nitrogens with two attached hydrogens (primary N) is 1. The molecular formula is C21H32N4O4. The van der Waals surface area contributed by atoms with Crippen LogP contribution in [0.2, 0.25) is 0 Å². The summed E-state index contributed by atoms with van der Waals surface area (Å²) in [5, 5.41) is 3.15. The average Bonchev–Trinajstić information content (AvgIpc) is 3.08. The fraction of sp³-hybridized carbons (Fsp3) is 0.619. The predicted octanol–water partition coefficient (Wildman–Crippen LogP) is 0.382. The van der Waals surface area contributed by atoms with E-state index in [9.17, 15) is 9.59 Å². The van der Waals surface area contributed by atoms with E-state index < -0.39 is 0 Å². The number of nitrogens with zero attached hydrogens (tertiary/aromatic N) is 2. The van der Waals surface area contributed by atoms with Crippen LogP contribution in [-0.4, -0.2) is 86.7 Å². The number of aryl methyl sites for hydroxylation is 1. The van der Waals surface area contributed by atoms with Gasteiger partial charge in [0.1, 0.15) is 12.4 Å². The normalized spacial score (nSPS) is 24.1. The molecule has 2 fully saturated rings. The first-order valence-corrected chi connectivity index (χ1v) is 10.2. The average molecular weight is 405 g/mol. The van der Waals surface area contributed by atoms with E-state index >= 15 is 0 Å². The van der Waals surface area contributed by atoms with Crippen LogP contribution in [0, 0.1) is 6.92 Å². The van der Waals surface area contributed by atoms with E-state index in [2.05, 4.69) is 10.2 Å². The summed E-state index contributed by atoms with van der Waals surface area (Å²) >= 11 is 0. The van der Waals surface area contributed by atoms with Gasteiger partial charge in [-0.1, -0.05) is 11.6 Å². The zero-order chi connectivity index (χ0) is 21.0. The fourth-order valence-electron chi connectivity index (χ4n) is 3.93. The van der Waals surface area contributed by atoms with E-state index in [4.69, 9.17) is 15.2 Å². The van der Waals surface area contributed by atoms with E-state index in [1.165, 1.54) is 0 Å². The fourth-order valence-corrected chi connectivity index (χ4v) is 3.93. The van der Waals surface area contributed by atoms with Crippen LogP contribution in [0.3, 0.4) is 0 Å². The van der Waals surface area contributed by atoms with Crippen molar-refractivity contribution in [2.24, 2.45) is 5.73 Å². The Kier molecular flexibility index (Phi) is 7.10. The Balaban J connectivity index is 1.58. The lowest BCUT2D eigenvalue weighted by Crippen LogP contribution is -2.47. The highest BCUT2D eigenvalue weighted by atomic mass is 16.5. The number of carbonyl (C=O) groups is 2. The Morgan fingerprint density at radius 2 is 2.14 bits per heavy atom. The number of hydrogen-bond donors (Lipinski definition) is 2. The molecule has 3 atom stereocenters. The minimum atomic E-state index is -0.133. The maximum absolute atomic E-state index is 12.9. The first-order valence-electron chi connectivity index (χ1n) is 10.2. The summed E-state index contributed by atoms with van der Waals surface area (Å²) in [5.41, 5.74) is 7.06. The molecule has 29 heavy (non-hydrogen) atoms. The number of amides is 2. The molecule has 160 valence electrons. The van der Waals surface area contributed by atoms with Crippen molar-refractivity contribution in [2.75, 3.05) is 46.9 Å². The molecule has 0 aromatic heterocycles. The molecule has 1 aromatic rings. The Morgan fingerprint density at radius 3 is 2.86 bits per heavy atom. The van der Waals surface area contributed by atoms with Crippen molar-refractivity contribution in [1.29, 1.82) is 0 Å². The van der Waals surface area contributed by atoms with Gasteiger partial charge in [-0.2, -0.15) is 0 Å². The van der Waals surface area contributed by atoms with Crippen molar-refractivity contribution in [3.8, 4) is 5.75 Å². The number of benzene rings is 1. The van der Waals surface area contributed by atoms with E-state index in [1.54, 1.807) is 19.0 Å². The maximum Gasteiger partial charge on any atom is 0.255 e. The third-order valence-corrected chi connectivity index (χ3v) is 5.48. The second kappa shape index (κ2) is 9.56. The predicted molar refractivity (Wildman–Crippen MR) is 110 cm³/mol. The summed E-state index contributed by atoms with van der Waals surface area (Å²) in [6.07, 6.45) is 1.13. The lowest BCUT2D eigenvalue weighted by atomic mass is 10.1. The Bertz CT molecular complexity index is 739. The Hall–Kier alpha value is -2.16. The van der Waals surface area contributed by atoms with E-state index in [1.807, 2.05) is 25.1 Å². The first-order chi connectivity index (χ1) is 13.9. The number of rotatable bonds is 7. The highest BCUT2D eigenvalue weighted by Crippen LogP contribution is 2.26. The molecule has 0 unspecified atom stereocenters. The minimum Gasteiger partial charge on any atom is -0.491 e. The molecular weight excluding hydrogens is 372 g/mol. The summed E-state index contributed by atoms with van der Waals surface area (Å²) in [7, 11) is 3.51. The summed E-state index contributed by atoms with van der Waals surface area (Å²) in [4.78, 5) is 28.8. The number of carbonyl (C=O) groups excluding carboxylic acids is 2. The second-order valence-corrected chi connectivity index (χ2v) is 8.10. The van der Waals surface area contributed by atoms with Crippen LogP contribution in [0.5, 0.6) is 5.75 Å². The van der Waals surface area contributed by atoms with Crippen molar-refractivity contribution < 1.29 is 19.1 Å². The number of ether oxygens (including phenoxy) is 2. The molecule has 2 heterocycles. The molecule has 2 aliphatic heterocycles. The van der Waals surface area contributed by atoms with Crippen molar-refractivity contribution in [2.45, 2.75) is 38.0 Å². The van der Waals surface area contributed by atoms with Gasteiger partial charge >= 0.3 is 0 Å². The van der Waals surface area contributed by atoms with Gasteiger partial charge in [0.25, 0.3) is 5.91 Å². The Labute approximate surface area is 172 Å². The van der Waals surface area contributed by atoms with Gasteiger partial charge in [-0.3, -0.25) is 14.5 Å². The molecule has 2 aliphatic rings. The molecule has 2 saturated heterocycles. The largest absolute Gasteiger partial charge is 0.491 e. The van der Waals surface area contributed by atoms with Crippen LogP contribution in [0.15, 0.2) is 18.2 Å². The first kappa shape index (κ1) is 21.5. The highest BCUT2D eigenvalue weighted by Gasteiger charge is 2.38. The topological polar surface area (TPSA) is 97.1 Å². The molecule has 0 bridgehead atoms. The lowest BCUT2D eigenvalue weighted by molar-refractivity contribution is -0.134. The number of nitrogens with one attached hydrogen (secondary N) is 1. The van der Waals surface area contributed by atoms with Crippen molar-refractivity contribution in [3.63, 3.8) is 0 Å². The van der Waals surface area contributed by atoms with E-state index in [-0.39, 0.29) is 30.0 Å². The van der Waals surface area contributed by atoms with Gasteiger partial charge < -0.3 is 25.4 Å². The minimum absolute atomic E-state index is 0.0438. The van der Waals surface area contributed by atoms with Crippen LogP contribution in [-0.2, 0) is 9.53 Å². The number of morpholine rings is 1. The van der Waals surface area contributed by atoms with E-state index in [0.29, 0.717) is 44.0 Å². The molecule has 0 aliphatic carbocycles. The van der Waals surface area contributed by atoms with Gasteiger partial charge in [0.2, 0.25) is 5.91 Å². The van der Waals surface area contributed by atoms with Gasteiger partial charge in [0.15, 0.2) is 0 Å². The smallest absolute Gasteiger partial charge is 0.255 e. The summed E-state index contributed by atoms with van der Waals surface area (Å²) in [6.45, 7) is 4.78. The lowest BCUT2D eigenvalue weighted by Gasteiger charge is -2.35. The van der Waals surface area contributed by atoms with Gasteiger partial charge in [-0.15, -0.1) is 0 Å². The van der Waals surface area contributed by atoms with E-state index in [0.717, 1.165) is 18.5 Å². The van der Waals surface area contributed by atoms with Crippen molar-refractivity contribution in [1.82, 2.24) is 15.1 Å². The maximum atomic E-state index is 12.9. The second-order valence-electron chi connectivity index (χ2n) is 8.10. The molecule has 3 rings (SSSR count). The van der Waals surface area contributed by atoms with Gasteiger partial charge in [0, 0.05) is 45.8 Å². The van der Waals surface area contributed by atoms with Crippen LogP contribution in [0.4, 0.5) is 0 Å². The molecule has 8 heteroatoms. The SMILES string of the molecule is Cc1ccc(OCCN)c(C(=O)N[C@@H]2C[C@H]3CO[C@@H](CC(=O)N(C)C)CN3C2)c1. The zero-order valence-electron chi connectivity index (χ0n) is 17.5. The quantitative estimate of drug-likeness (QED) is 0.682. The van der Waals surface area contributed by atoms with Crippen molar-refractivity contribution in [3.05, 3.63) is 29.3 Å². The summed E-state index contributed by atoms with van der Waals surface area (Å²) in [6, 6.07) is 5.90. The monoisotopic (exact) mass is 404 g/mol. The van der Waals surface area contributed by atoms with Crippen LogP contribution in [0.25, 0.3) is 0 Å². The van der Waals surface area contributed by atoms with Gasteiger partial charge in [-0.25, -0.2) is 0 Å². The third kappa shape index (κ3) is 5.46. The third-order valence-electron chi connectivity index (χ3n) is 5.48. The highest BCUT2D eigenvalue weighted by molar-refractivity contribution is 5.97. The molecule has 0 saturated carbocycles. The molecule has 2 amide bonds. The number of hydrogen-bond acceptors (Lipinski definition) is 6. The molecule has 0 radical (unpaired) electrons. The van der Waals surface area contributed by atoms with Gasteiger partial charge in [-0.05, 0) is 25.5 Å². The molecule has 0 spiro atoms. The zero-order valence-corrected chi connectivity index (χ0v) is 17.5. The summed E-state index contributed by atoms with van der Waals surface area (Å²) in [5.74, 6) is 0.493. The van der Waals surface area contributed by atoms with Gasteiger partial charge in [0.05, 0.1) is 24.7 Å². The molecule has 1 aromatic carbocycles. The van der Waals surface area contributed by atoms with Crippen LogP contribution < -0.4 is 15.8 Å². The molecule has 8 nitrogen and oxygen atoms in total. The molecule has 3 N–H and O–H groups in total. The van der Waals surface area contributed by atoms with Crippen LogP contribution in [0.1, 0.15) is 28.8 Å². The number of fused-ring (bicyclic) bond motifs is 1. The summed E-state index contributed by atoms with van der Waals surface area (Å²) < 4.78 is 11.5.